The SMILES string of the molecule is COc1cc(NCNN)cc(OC)c1OC. The van der Waals surface area contributed by atoms with Crippen LogP contribution in [0.4, 0.5) is 5.69 Å². The molecule has 6 heteroatoms. The molecule has 4 N–H and O–H groups in total. The summed E-state index contributed by atoms with van der Waals surface area (Å²) in [5.41, 5.74) is 3.32. The van der Waals surface area contributed by atoms with E-state index in [1.54, 1.807) is 33.5 Å². The number of benzene rings is 1. The van der Waals surface area contributed by atoms with Gasteiger partial charge in [0.05, 0.1) is 28.0 Å². The predicted octanol–water partition coefficient (Wildman–Crippen LogP) is 0.545. The fourth-order valence-corrected chi connectivity index (χ4v) is 1.34. The molecule has 1 rings (SSSR count). The van der Waals surface area contributed by atoms with Gasteiger partial charge in [0.1, 0.15) is 0 Å². The number of nitrogens with one attached hydrogen (secondary N) is 2. The quantitative estimate of drug-likeness (QED) is 0.374. The summed E-state index contributed by atoms with van der Waals surface area (Å²) >= 11 is 0. The van der Waals surface area contributed by atoms with E-state index in [1.165, 1.54) is 0 Å². The molecule has 0 bridgehead atoms. The van der Waals surface area contributed by atoms with Crippen molar-refractivity contribution >= 4 is 5.69 Å². The molecule has 16 heavy (non-hydrogen) atoms. The molecule has 0 spiro atoms. The smallest absolute Gasteiger partial charge is 0.203 e. The average Bonchev–Trinajstić information content (AvgIpc) is 2.34. The fourth-order valence-electron chi connectivity index (χ4n) is 1.34. The lowest BCUT2D eigenvalue weighted by Crippen LogP contribution is -2.28. The van der Waals surface area contributed by atoms with Crippen LogP contribution < -0.4 is 30.8 Å². The van der Waals surface area contributed by atoms with Gasteiger partial charge >= 0.3 is 0 Å². The highest BCUT2D eigenvalue weighted by Crippen LogP contribution is 2.39. The van der Waals surface area contributed by atoms with Crippen LogP contribution in [0.1, 0.15) is 0 Å². The fraction of sp³-hybridized carbons (Fsp3) is 0.400. The monoisotopic (exact) mass is 227 g/mol. The van der Waals surface area contributed by atoms with Gasteiger partial charge in [-0.25, -0.2) is 5.43 Å². The van der Waals surface area contributed by atoms with Gasteiger partial charge < -0.3 is 19.5 Å². The zero-order valence-corrected chi connectivity index (χ0v) is 9.66. The van der Waals surface area contributed by atoms with Gasteiger partial charge in [-0.15, -0.1) is 0 Å². The van der Waals surface area contributed by atoms with Gasteiger partial charge in [-0.3, -0.25) is 5.84 Å². The molecule has 0 aliphatic heterocycles. The van der Waals surface area contributed by atoms with Gasteiger partial charge in [-0.2, -0.15) is 0 Å². The molecular formula is C10H17N3O3. The molecule has 0 saturated carbocycles. The third-order valence-electron chi connectivity index (χ3n) is 2.06. The first kappa shape index (κ1) is 12.4. The third kappa shape index (κ3) is 2.68. The Morgan fingerprint density at radius 1 is 1.06 bits per heavy atom. The van der Waals surface area contributed by atoms with E-state index in [1.807, 2.05) is 0 Å². The number of ether oxygens (including phenoxy) is 3. The van der Waals surface area contributed by atoms with Gasteiger partial charge in [0.25, 0.3) is 0 Å². The standard InChI is InChI=1S/C10H17N3O3/c1-14-8-4-7(12-6-13-11)5-9(15-2)10(8)16-3/h4-5,12-13H,6,11H2,1-3H3. The van der Waals surface area contributed by atoms with Crippen molar-refractivity contribution in [3.63, 3.8) is 0 Å². The van der Waals surface area contributed by atoms with Gasteiger partial charge in [-0.05, 0) is 0 Å². The van der Waals surface area contributed by atoms with Crippen molar-refractivity contribution in [2.45, 2.75) is 0 Å². The van der Waals surface area contributed by atoms with E-state index >= 15 is 0 Å². The summed E-state index contributed by atoms with van der Waals surface area (Å²) in [6.45, 7) is 0.443. The van der Waals surface area contributed by atoms with Crippen molar-refractivity contribution in [2.24, 2.45) is 5.84 Å². The van der Waals surface area contributed by atoms with E-state index < -0.39 is 0 Å². The summed E-state index contributed by atoms with van der Waals surface area (Å²) in [5.74, 6) is 6.94. The third-order valence-corrected chi connectivity index (χ3v) is 2.06. The lowest BCUT2D eigenvalue weighted by molar-refractivity contribution is 0.324. The topological polar surface area (TPSA) is 77.8 Å². The van der Waals surface area contributed by atoms with Crippen molar-refractivity contribution in [1.29, 1.82) is 0 Å². The zero-order chi connectivity index (χ0) is 12.0. The van der Waals surface area contributed by atoms with Crippen LogP contribution in [0.5, 0.6) is 17.2 Å². The van der Waals surface area contributed by atoms with E-state index in [9.17, 15) is 0 Å². The lowest BCUT2D eigenvalue weighted by atomic mass is 10.2. The van der Waals surface area contributed by atoms with Crippen LogP contribution in [0.3, 0.4) is 0 Å². The highest BCUT2D eigenvalue weighted by Gasteiger charge is 2.12. The molecule has 90 valence electrons. The van der Waals surface area contributed by atoms with Crippen LogP contribution in [0.2, 0.25) is 0 Å². The molecule has 0 amide bonds. The Balaban J connectivity index is 3.05. The second-order valence-corrected chi connectivity index (χ2v) is 2.97. The first-order valence-electron chi connectivity index (χ1n) is 4.74. The Kier molecular flexibility index (Phi) is 4.68. The van der Waals surface area contributed by atoms with Gasteiger partial charge in [0.15, 0.2) is 11.5 Å². The summed E-state index contributed by atoms with van der Waals surface area (Å²) in [7, 11) is 4.71. The summed E-state index contributed by atoms with van der Waals surface area (Å²) in [4.78, 5) is 0. The first-order valence-corrected chi connectivity index (χ1v) is 4.74. The molecule has 6 nitrogen and oxygen atoms in total. The first-order chi connectivity index (χ1) is 7.76. The lowest BCUT2D eigenvalue weighted by Gasteiger charge is -2.14. The van der Waals surface area contributed by atoms with Crippen molar-refractivity contribution in [2.75, 3.05) is 33.3 Å². The molecule has 1 aromatic carbocycles. The highest BCUT2D eigenvalue weighted by atomic mass is 16.5. The predicted molar refractivity (Wildman–Crippen MR) is 61.9 cm³/mol. The molecule has 0 radical (unpaired) electrons. The van der Waals surface area contributed by atoms with Gasteiger partial charge in [0, 0.05) is 17.8 Å². The second kappa shape index (κ2) is 6.04. The Morgan fingerprint density at radius 2 is 1.62 bits per heavy atom. The molecule has 0 aliphatic rings. The van der Waals surface area contributed by atoms with Gasteiger partial charge in [-0.1, -0.05) is 0 Å². The zero-order valence-electron chi connectivity index (χ0n) is 9.66. The molecule has 0 heterocycles. The molecular weight excluding hydrogens is 210 g/mol. The van der Waals surface area contributed by atoms with Crippen LogP contribution in [0.15, 0.2) is 12.1 Å². The number of hydrogen-bond donors (Lipinski definition) is 3. The number of nitrogens with two attached hydrogens (primary N) is 1. The van der Waals surface area contributed by atoms with Crippen molar-refractivity contribution in [3.05, 3.63) is 12.1 Å². The summed E-state index contributed by atoms with van der Waals surface area (Å²) in [6.07, 6.45) is 0. The van der Waals surface area contributed by atoms with E-state index in [2.05, 4.69) is 10.7 Å². The van der Waals surface area contributed by atoms with E-state index in [0.29, 0.717) is 23.9 Å². The van der Waals surface area contributed by atoms with Crippen LogP contribution in [-0.4, -0.2) is 28.0 Å². The molecule has 0 unspecified atom stereocenters. The maximum atomic E-state index is 5.20. The number of rotatable bonds is 6. The number of hydrazine groups is 1. The van der Waals surface area contributed by atoms with Crippen molar-refractivity contribution < 1.29 is 14.2 Å². The van der Waals surface area contributed by atoms with Crippen LogP contribution in [0.25, 0.3) is 0 Å². The Hall–Kier alpha value is -1.66. The summed E-state index contributed by atoms with van der Waals surface area (Å²) < 4.78 is 15.6. The molecule has 0 fully saturated rings. The molecule has 0 saturated heterocycles. The Labute approximate surface area is 94.6 Å². The van der Waals surface area contributed by atoms with Gasteiger partial charge in [0.2, 0.25) is 5.75 Å². The van der Waals surface area contributed by atoms with E-state index in [0.717, 1.165) is 5.69 Å². The minimum atomic E-state index is 0.443. The average molecular weight is 227 g/mol. The summed E-state index contributed by atoms with van der Waals surface area (Å²) in [5, 5.41) is 3.04. The minimum absolute atomic E-state index is 0.443. The maximum Gasteiger partial charge on any atom is 0.203 e. The second-order valence-electron chi connectivity index (χ2n) is 2.97. The largest absolute Gasteiger partial charge is 0.493 e. The number of hydrogen-bond acceptors (Lipinski definition) is 6. The maximum absolute atomic E-state index is 5.20. The van der Waals surface area contributed by atoms with Crippen LogP contribution >= 0.6 is 0 Å². The highest BCUT2D eigenvalue weighted by molar-refractivity contribution is 5.62. The van der Waals surface area contributed by atoms with E-state index in [-0.39, 0.29) is 0 Å². The van der Waals surface area contributed by atoms with E-state index in [4.69, 9.17) is 20.1 Å². The van der Waals surface area contributed by atoms with Crippen molar-refractivity contribution in [3.8, 4) is 17.2 Å². The molecule has 0 aliphatic carbocycles. The van der Waals surface area contributed by atoms with Crippen molar-refractivity contribution in [1.82, 2.24) is 5.43 Å². The number of anilines is 1. The molecule has 0 atom stereocenters. The molecule has 1 aromatic rings. The Morgan fingerprint density at radius 3 is 2.00 bits per heavy atom. The summed E-state index contributed by atoms with van der Waals surface area (Å²) in [6, 6.07) is 3.61. The van der Waals surface area contributed by atoms with Crippen LogP contribution in [-0.2, 0) is 0 Å². The normalized spacial score (nSPS) is 9.75. The molecule has 0 aromatic heterocycles. The Bertz CT molecular complexity index is 319. The minimum Gasteiger partial charge on any atom is -0.493 e. The van der Waals surface area contributed by atoms with Crippen LogP contribution in [0, 0.1) is 0 Å². The number of methoxy groups -OCH3 is 3.